The van der Waals surface area contributed by atoms with Crippen LogP contribution in [0.15, 0.2) is 17.1 Å². The Morgan fingerprint density at radius 2 is 1.91 bits per heavy atom. The number of aromatic nitrogens is 3. The highest BCUT2D eigenvalue weighted by Crippen LogP contribution is 2.30. The summed E-state index contributed by atoms with van der Waals surface area (Å²) in [5.41, 5.74) is -0.0823. The number of carbonyl (C=O) groups excluding carboxylic acids is 1. The molecule has 4 rings (SSSR count). The van der Waals surface area contributed by atoms with Crippen LogP contribution in [0.2, 0.25) is 0 Å². The van der Waals surface area contributed by atoms with Crippen LogP contribution in [0.25, 0.3) is 11.0 Å². The fraction of sp³-hybridized carbons (Fsp3) is 0.609. The van der Waals surface area contributed by atoms with E-state index in [1.54, 1.807) is 21.7 Å². The number of pyridine rings is 1. The first-order valence-electron chi connectivity index (χ1n) is 11.3. The van der Waals surface area contributed by atoms with Crippen molar-refractivity contribution in [1.29, 1.82) is 5.26 Å². The quantitative estimate of drug-likeness (QED) is 0.779. The minimum absolute atomic E-state index is 0.0677. The molecule has 2 aromatic rings. The summed E-state index contributed by atoms with van der Waals surface area (Å²) in [4.78, 5) is 36.0. The van der Waals surface area contributed by atoms with Crippen LogP contribution < -0.4 is 10.9 Å². The Morgan fingerprint density at radius 1 is 1.22 bits per heavy atom. The lowest BCUT2D eigenvalue weighted by atomic mass is 10.1. The third-order valence-corrected chi connectivity index (χ3v) is 6.06. The van der Waals surface area contributed by atoms with Crippen LogP contribution in [0.3, 0.4) is 0 Å². The molecule has 32 heavy (non-hydrogen) atoms. The van der Waals surface area contributed by atoms with Crippen molar-refractivity contribution in [3.8, 4) is 6.07 Å². The predicted octanol–water partition coefficient (Wildman–Crippen LogP) is 3.59. The van der Waals surface area contributed by atoms with Gasteiger partial charge < -0.3 is 15.0 Å². The lowest BCUT2D eigenvalue weighted by Gasteiger charge is -2.33. The van der Waals surface area contributed by atoms with Crippen LogP contribution in [0.4, 0.5) is 10.7 Å². The zero-order chi connectivity index (χ0) is 22.9. The Kier molecular flexibility index (Phi) is 6.04. The van der Waals surface area contributed by atoms with E-state index in [4.69, 9.17) is 4.74 Å². The van der Waals surface area contributed by atoms with Gasteiger partial charge in [0.25, 0.3) is 5.56 Å². The Morgan fingerprint density at radius 3 is 2.53 bits per heavy atom. The second-order valence-electron chi connectivity index (χ2n) is 9.64. The highest BCUT2D eigenvalue weighted by Gasteiger charge is 2.28. The summed E-state index contributed by atoms with van der Waals surface area (Å²) >= 11 is 0. The second kappa shape index (κ2) is 8.77. The van der Waals surface area contributed by atoms with Crippen molar-refractivity contribution in [1.82, 2.24) is 19.4 Å². The standard InChI is InChI=1S/C23H30N6O3/c1-23(2,3)32-22(31)28-10-8-17(9-11-28)26-21-25-14-16-12-15(13-24)20(30)29(19(16)27-21)18-6-4-5-7-18/h12,14,17-18H,4-11H2,1-3H3,(H,25,26,27). The fourth-order valence-electron chi connectivity index (χ4n) is 4.49. The molecule has 0 atom stereocenters. The number of likely N-dealkylation sites (tertiary alicyclic amines) is 1. The van der Waals surface area contributed by atoms with E-state index < -0.39 is 5.60 Å². The molecule has 1 saturated heterocycles. The van der Waals surface area contributed by atoms with Gasteiger partial charge in [-0.25, -0.2) is 9.78 Å². The molecule has 0 bridgehead atoms. The van der Waals surface area contributed by atoms with Crippen LogP contribution in [-0.4, -0.2) is 50.3 Å². The number of piperidine rings is 1. The smallest absolute Gasteiger partial charge is 0.410 e. The average Bonchev–Trinajstić information content (AvgIpc) is 3.27. The Bertz CT molecular complexity index is 1100. The molecule has 2 aromatic heterocycles. The van der Waals surface area contributed by atoms with E-state index in [0.717, 1.165) is 38.5 Å². The molecule has 3 heterocycles. The van der Waals surface area contributed by atoms with Gasteiger partial charge in [0.15, 0.2) is 0 Å². The SMILES string of the molecule is CC(C)(C)OC(=O)N1CCC(Nc2ncc3cc(C#N)c(=O)n(C4CCCC4)c3n2)CC1. The molecule has 2 aliphatic rings. The summed E-state index contributed by atoms with van der Waals surface area (Å²) in [6.45, 7) is 6.78. The van der Waals surface area contributed by atoms with Gasteiger partial charge >= 0.3 is 6.09 Å². The van der Waals surface area contributed by atoms with Crippen molar-refractivity contribution in [2.45, 2.75) is 77.0 Å². The summed E-state index contributed by atoms with van der Waals surface area (Å²) in [7, 11) is 0. The summed E-state index contributed by atoms with van der Waals surface area (Å²) < 4.78 is 7.15. The Balaban J connectivity index is 1.51. The lowest BCUT2D eigenvalue weighted by molar-refractivity contribution is 0.0210. The normalized spacial score (nSPS) is 18.0. The van der Waals surface area contributed by atoms with Crippen LogP contribution in [0.5, 0.6) is 0 Å². The molecule has 1 aliphatic carbocycles. The minimum Gasteiger partial charge on any atom is -0.444 e. The summed E-state index contributed by atoms with van der Waals surface area (Å²) in [6.07, 6.45) is 6.87. The molecule has 1 amide bonds. The van der Waals surface area contributed by atoms with Crippen molar-refractivity contribution in [3.63, 3.8) is 0 Å². The first-order valence-corrected chi connectivity index (χ1v) is 11.3. The molecule has 170 valence electrons. The van der Waals surface area contributed by atoms with Gasteiger partial charge in [-0.2, -0.15) is 10.2 Å². The number of nitrogens with one attached hydrogen (secondary N) is 1. The Hall–Kier alpha value is -3.15. The average molecular weight is 439 g/mol. The highest BCUT2D eigenvalue weighted by atomic mass is 16.6. The maximum Gasteiger partial charge on any atom is 0.410 e. The van der Waals surface area contributed by atoms with E-state index in [9.17, 15) is 14.9 Å². The molecule has 1 N–H and O–H groups in total. The van der Waals surface area contributed by atoms with Crippen molar-refractivity contribution < 1.29 is 9.53 Å². The van der Waals surface area contributed by atoms with E-state index in [2.05, 4.69) is 15.3 Å². The molecular formula is C23H30N6O3. The van der Waals surface area contributed by atoms with Gasteiger partial charge in [0.1, 0.15) is 22.9 Å². The van der Waals surface area contributed by atoms with Crippen molar-refractivity contribution in [2.75, 3.05) is 18.4 Å². The lowest BCUT2D eigenvalue weighted by Crippen LogP contribution is -2.44. The van der Waals surface area contributed by atoms with Gasteiger partial charge in [0.2, 0.25) is 5.95 Å². The van der Waals surface area contributed by atoms with Crippen molar-refractivity contribution in [2.24, 2.45) is 0 Å². The third kappa shape index (κ3) is 4.69. The van der Waals surface area contributed by atoms with E-state index >= 15 is 0 Å². The van der Waals surface area contributed by atoms with Gasteiger partial charge in [-0.15, -0.1) is 0 Å². The third-order valence-electron chi connectivity index (χ3n) is 6.06. The number of carbonyl (C=O) groups is 1. The van der Waals surface area contributed by atoms with E-state index in [0.29, 0.717) is 30.1 Å². The van der Waals surface area contributed by atoms with Crippen LogP contribution in [0.1, 0.15) is 70.9 Å². The van der Waals surface area contributed by atoms with Crippen molar-refractivity contribution in [3.05, 3.63) is 28.2 Å². The number of hydrogen-bond acceptors (Lipinski definition) is 7. The van der Waals surface area contributed by atoms with E-state index in [1.165, 1.54) is 0 Å². The number of hydrogen-bond donors (Lipinski definition) is 1. The monoisotopic (exact) mass is 438 g/mol. The van der Waals surface area contributed by atoms with Gasteiger partial charge in [-0.05, 0) is 52.5 Å². The summed E-state index contributed by atoms with van der Waals surface area (Å²) in [6, 6.07) is 3.78. The molecule has 1 saturated carbocycles. The fourth-order valence-corrected chi connectivity index (χ4v) is 4.49. The maximum atomic E-state index is 12.9. The molecule has 0 spiro atoms. The number of nitrogens with zero attached hydrogens (tertiary/aromatic N) is 5. The predicted molar refractivity (Wildman–Crippen MR) is 120 cm³/mol. The first kappa shape index (κ1) is 22.1. The number of rotatable bonds is 3. The van der Waals surface area contributed by atoms with E-state index in [-0.39, 0.29) is 29.3 Å². The van der Waals surface area contributed by atoms with Gasteiger partial charge in [-0.1, -0.05) is 12.8 Å². The summed E-state index contributed by atoms with van der Waals surface area (Å²) in [5.74, 6) is 0.462. The van der Waals surface area contributed by atoms with Crippen molar-refractivity contribution >= 4 is 23.1 Å². The van der Waals surface area contributed by atoms with Crippen LogP contribution >= 0.6 is 0 Å². The molecule has 2 fully saturated rings. The molecule has 9 heteroatoms. The Labute approximate surface area is 187 Å². The van der Waals surface area contributed by atoms with E-state index in [1.807, 2.05) is 26.8 Å². The van der Waals surface area contributed by atoms with Crippen LogP contribution in [0, 0.1) is 11.3 Å². The van der Waals surface area contributed by atoms with Gasteiger partial charge in [-0.3, -0.25) is 9.36 Å². The molecular weight excluding hydrogens is 408 g/mol. The molecule has 9 nitrogen and oxygen atoms in total. The number of anilines is 1. The number of fused-ring (bicyclic) bond motifs is 1. The highest BCUT2D eigenvalue weighted by molar-refractivity contribution is 5.77. The van der Waals surface area contributed by atoms with Gasteiger partial charge in [0.05, 0.1) is 0 Å². The largest absolute Gasteiger partial charge is 0.444 e. The summed E-state index contributed by atoms with van der Waals surface area (Å²) in [5, 5.41) is 13.4. The molecule has 0 unspecified atom stereocenters. The number of nitriles is 1. The van der Waals surface area contributed by atoms with Crippen LogP contribution in [-0.2, 0) is 4.74 Å². The zero-order valence-corrected chi connectivity index (χ0v) is 18.9. The second-order valence-corrected chi connectivity index (χ2v) is 9.64. The minimum atomic E-state index is -0.508. The number of ether oxygens (including phenoxy) is 1. The topological polar surface area (TPSA) is 113 Å². The maximum absolute atomic E-state index is 12.9. The molecule has 0 radical (unpaired) electrons. The first-order chi connectivity index (χ1) is 15.2. The zero-order valence-electron chi connectivity index (χ0n) is 18.9. The van der Waals surface area contributed by atoms with Gasteiger partial charge in [0, 0.05) is 36.8 Å². The molecule has 1 aliphatic heterocycles. The number of amides is 1. The molecule has 0 aromatic carbocycles.